The SMILES string of the molecule is C=C(O)c1cn(C2CC2)c2nc(N3CCN(/N=C\c4c5c(O)c6c(O)c(C)c7c(c6c4O)C(=O)[C@@](C)(O/C=C/[C@H](OC)[C@@H](C)[C@@H](OC(C)=O)[C@H](C)[C@H](O)[C@H](C)[C@@H](O)[C@@H](C)/C=C/C=C(/C)C(=O)N5)O7)CC3)c(F)cc2c1=O. The quantitative estimate of drug-likeness (QED) is 0.0337. The summed E-state index contributed by atoms with van der Waals surface area (Å²) in [4.78, 5) is 60.7. The molecule has 4 aliphatic heterocycles. The van der Waals surface area contributed by atoms with Gasteiger partial charge in [-0.25, -0.2) is 9.37 Å². The second kappa shape index (κ2) is 21.3. The highest BCUT2D eigenvalue weighted by Crippen LogP contribution is 2.55. The summed E-state index contributed by atoms with van der Waals surface area (Å²) in [7, 11) is 1.41. The lowest BCUT2D eigenvalue weighted by atomic mass is 9.78. The van der Waals surface area contributed by atoms with Gasteiger partial charge in [0.2, 0.25) is 5.43 Å². The van der Waals surface area contributed by atoms with Gasteiger partial charge in [-0.2, -0.15) is 5.10 Å². The summed E-state index contributed by atoms with van der Waals surface area (Å²) in [5, 5.41) is 77.6. The number of fused-ring (bicyclic) bond motifs is 15. The van der Waals surface area contributed by atoms with Crippen LogP contribution in [0.15, 0.2) is 64.9 Å². The van der Waals surface area contributed by atoms with Crippen molar-refractivity contribution in [3.05, 3.63) is 93.3 Å². The van der Waals surface area contributed by atoms with Gasteiger partial charge in [-0.05, 0) is 38.8 Å². The molecule has 1 saturated carbocycles. The number of piperazine rings is 1. The average Bonchev–Trinajstić information content (AvgIpc) is 4.20. The molecule has 0 radical (unpaired) electrons. The molecule has 20 nitrogen and oxygen atoms in total. The molecule has 5 aliphatic rings. The van der Waals surface area contributed by atoms with Crippen LogP contribution in [-0.4, -0.2) is 133 Å². The van der Waals surface area contributed by atoms with E-state index >= 15 is 4.39 Å². The largest absolute Gasteiger partial charge is 0.508 e. The third-order valence-corrected chi connectivity index (χ3v) is 15.1. The number of rotatable bonds is 7. The van der Waals surface area contributed by atoms with Crippen LogP contribution in [0.1, 0.15) is 94.4 Å². The first-order valence-electron chi connectivity index (χ1n) is 25.2. The molecule has 4 aromatic rings. The maximum atomic E-state index is 15.9. The summed E-state index contributed by atoms with van der Waals surface area (Å²) in [6.45, 7) is 16.5. The Morgan fingerprint density at radius 3 is 2.29 bits per heavy atom. The number of amides is 1. The molecule has 21 heteroatoms. The monoisotopic (exact) mass is 1050 g/mol. The van der Waals surface area contributed by atoms with Gasteiger partial charge in [0.15, 0.2) is 17.4 Å². The number of aliphatic hydroxyl groups is 3. The first kappa shape index (κ1) is 54.8. The van der Waals surface area contributed by atoms with Crippen molar-refractivity contribution < 1.29 is 68.4 Å². The van der Waals surface area contributed by atoms with Crippen LogP contribution in [0.3, 0.4) is 0 Å². The Labute approximate surface area is 437 Å². The normalized spacial score (nSPS) is 28.3. The molecular formula is C55H65FN6O14. The number of phenolic OH excluding ortho intramolecular Hbond substituents is 3. The van der Waals surface area contributed by atoms with Gasteiger partial charge in [-0.3, -0.25) is 24.2 Å². The number of hydrogen-bond donors (Lipinski definition) is 7. The first-order valence-corrected chi connectivity index (χ1v) is 25.2. The van der Waals surface area contributed by atoms with Gasteiger partial charge >= 0.3 is 11.8 Å². The standard InChI is InChI=1S/C55H65FN6O14/c1-25-12-11-13-26(2)54(72)58-42-35(23-57-61-19-17-60(18-20-61)53-37(56)22-34-46(68)36(31(7)63)24-62(33-14-15-33)52(34)59-53)47(69)39-40(48(42)70)45(67)30(6)50-41(39)51(71)55(9,76-50)74-21-16-38(73-10)27(3)49(75-32(8)64)29(5)44(66)28(4)43(25)65/h11-13,16,21-25,27-29,33,38,43-44,49,63,65-67,69-70H,7,14-15,17-20H2,1-6,8-10H3,(H,58,72)/b12-11+,21-16+,26-13-,57-23-/t25-,27+,28+,29+,38-,43-,44+,49+,55-/m0/s1. The predicted molar refractivity (Wildman–Crippen MR) is 281 cm³/mol. The number of aliphatic hydroxyl groups excluding tert-OH is 3. The van der Waals surface area contributed by atoms with Gasteiger partial charge in [0.25, 0.3) is 11.7 Å². The minimum atomic E-state index is -2.13. The van der Waals surface area contributed by atoms with Crippen LogP contribution in [0, 0.1) is 36.4 Å². The second-order valence-electron chi connectivity index (χ2n) is 20.4. The molecule has 0 unspecified atom stereocenters. The van der Waals surface area contributed by atoms with Crippen LogP contribution < -0.4 is 20.4 Å². The topological polar surface area (TPSA) is 275 Å². The van der Waals surface area contributed by atoms with Crippen molar-refractivity contribution in [2.45, 2.75) is 104 Å². The fourth-order valence-electron chi connectivity index (χ4n) is 10.3. The third kappa shape index (κ3) is 10.1. The highest BCUT2D eigenvalue weighted by Gasteiger charge is 2.50. The third-order valence-electron chi connectivity index (χ3n) is 15.1. The summed E-state index contributed by atoms with van der Waals surface area (Å²) < 4.78 is 41.4. The molecule has 0 spiro atoms. The molecular weight excluding hydrogens is 988 g/mol. The van der Waals surface area contributed by atoms with E-state index in [9.17, 15) is 49.8 Å². The number of ketones is 1. The number of Topliss-reactive ketones (excluding diaryl/α,β-unsaturated/α-hetero) is 1. The zero-order chi connectivity index (χ0) is 55.4. The number of anilines is 2. The fourth-order valence-corrected chi connectivity index (χ4v) is 10.3. The number of methoxy groups -OCH3 is 1. The lowest BCUT2D eigenvalue weighted by Crippen LogP contribution is -2.46. The van der Waals surface area contributed by atoms with E-state index in [1.165, 1.54) is 59.4 Å². The minimum absolute atomic E-state index is 0.00644. The van der Waals surface area contributed by atoms with Crippen LogP contribution in [0.4, 0.5) is 15.9 Å². The lowest BCUT2D eigenvalue weighted by molar-refractivity contribution is -0.160. The number of halogens is 1. The van der Waals surface area contributed by atoms with Gasteiger partial charge in [0.1, 0.15) is 34.8 Å². The number of nitrogens with one attached hydrogen (secondary N) is 1. The van der Waals surface area contributed by atoms with Crippen LogP contribution >= 0.6 is 0 Å². The number of benzene rings is 2. The average molecular weight is 1050 g/mol. The molecule has 1 saturated heterocycles. The summed E-state index contributed by atoms with van der Waals surface area (Å²) in [5.41, 5.74) is -1.19. The van der Waals surface area contributed by atoms with Crippen molar-refractivity contribution in [1.29, 1.82) is 0 Å². The zero-order valence-corrected chi connectivity index (χ0v) is 43.8. The van der Waals surface area contributed by atoms with Crippen LogP contribution in [0.2, 0.25) is 0 Å². The number of pyridine rings is 2. The molecule has 9 rings (SSSR count). The van der Waals surface area contributed by atoms with E-state index in [1.54, 1.807) is 54.3 Å². The van der Waals surface area contributed by atoms with Crippen LogP contribution in [0.25, 0.3) is 27.6 Å². The van der Waals surface area contributed by atoms with Crippen molar-refractivity contribution in [2.24, 2.45) is 28.8 Å². The molecule has 2 aromatic heterocycles. The number of phenols is 3. The molecule has 9 atom stereocenters. The van der Waals surface area contributed by atoms with Gasteiger partial charge in [-0.1, -0.05) is 52.5 Å². The number of nitrogens with zero attached hydrogens (tertiary/aromatic N) is 5. The molecule has 406 valence electrons. The summed E-state index contributed by atoms with van der Waals surface area (Å²) in [6, 6.07) is 1.14. The van der Waals surface area contributed by atoms with E-state index in [2.05, 4.69) is 22.0 Å². The Bertz CT molecular complexity index is 3210. The number of carbonyl (C=O) groups excluding carboxylic acids is 3. The maximum Gasteiger partial charge on any atom is 0.312 e. The van der Waals surface area contributed by atoms with E-state index in [4.69, 9.17) is 18.9 Å². The zero-order valence-electron chi connectivity index (χ0n) is 43.8. The number of carbonyl (C=O) groups is 3. The molecule has 7 N–H and O–H groups in total. The molecule has 1 amide bonds. The van der Waals surface area contributed by atoms with Gasteiger partial charge in [0.05, 0.1) is 77.0 Å². The van der Waals surface area contributed by atoms with E-state index in [-0.39, 0.29) is 93.7 Å². The molecule has 2 fully saturated rings. The molecule has 5 bridgehead atoms. The van der Waals surface area contributed by atoms with Crippen molar-refractivity contribution in [2.75, 3.05) is 43.5 Å². The molecule has 6 heterocycles. The second-order valence-corrected chi connectivity index (χ2v) is 20.4. The van der Waals surface area contributed by atoms with E-state index in [0.717, 1.165) is 25.2 Å². The fraction of sp³-hybridized carbons (Fsp3) is 0.455. The highest BCUT2D eigenvalue weighted by atomic mass is 19.1. The van der Waals surface area contributed by atoms with Crippen molar-refractivity contribution in [3.63, 3.8) is 0 Å². The van der Waals surface area contributed by atoms with Crippen molar-refractivity contribution in [3.8, 4) is 23.0 Å². The van der Waals surface area contributed by atoms with Gasteiger partial charge in [0, 0.05) is 86.5 Å². The Hall–Kier alpha value is -7.49. The van der Waals surface area contributed by atoms with Gasteiger partial charge in [-0.15, -0.1) is 0 Å². The number of ether oxygens (including phenoxy) is 4. The van der Waals surface area contributed by atoms with Crippen LogP contribution in [-0.2, 0) is 23.8 Å². The van der Waals surface area contributed by atoms with Crippen LogP contribution in [0.5, 0.6) is 23.0 Å². The Kier molecular flexibility index (Phi) is 15.3. The first-order chi connectivity index (χ1) is 35.9. The van der Waals surface area contributed by atoms with Gasteiger partial charge < -0.3 is 64.4 Å². The lowest BCUT2D eigenvalue weighted by Gasteiger charge is -2.38. The number of aromatic nitrogens is 2. The smallest absolute Gasteiger partial charge is 0.312 e. The Balaban J connectivity index is 1.18. The number of esters is 1. The predicted octanol–water partition coefficient (Wildman–Crippen LogP) is 6.62. The van der Waals surface area contributed by atoms with Crippen molar-refractivity contribution in [1.82, 2.24) is 14.6 Å². The minimum Gasteiger partial charge on any atom is -0.508 e. The van der Waals surface area contributed by atoms with Crippen molar-refractivity contribution >= 4 is 62.9 Å². The summed E-state index contributed by atoms with van der Waals surface area (Å²) in [6.07, 6.45) is 7.49. The van der Waals surface area contributed by atoms with E-state index in [0.29, 0.717) is 0 Å². The number of hydrogen-bond acceptors (Lipinski definition) is 18. The van der Waals surface area contributed by atoms with E-state index in [1.807, 2.05) is 0 Å². The summed E-state index contributed by atoms with van der Waals surface area (Å²) in [5.74, 6) is -10.4. The Morgan fingerprint density at radius 2 is 1.66 bits per heavy atom. The summed E-state index contributed by atoms with van der Waals surface area (Å²) >= 11 is 0. The highest BCUT2D eigenvalue weighted by molar-refractivity contribution is 6.24. The molecule has 76 heavy (non-hydrogen) atoms. The Morgan fingerprint density at radius 1 is 0.974 bits per heavy atom. The number of hydrazone groups is 1. The van der Waals surface area contributed by atoms with E-state index < -0.39 is 111 Å². The number of allylic oxidation sites excluding steroid dienone is 2. The number of aromatic hydroxyl groups is 3. The molecule has 1 aliphatic carbocycles. The molecule has 2 aromatic carbocycles. The maximum absolute atomic E-state index is 15.9.